The smallest absolute Gasteiger partial charge is 0.224 e. The largest absolute Gasteiger partial charge is 0.477 e. The number of nitrogens with zero attached hydrogens (tertiary/aromatic N) is 2. The molecule has 1 aromatic rings. The summed E-state index contributed by atoms with van der Waals surface area (Å²) in [7, 11) is 0. The number of pyridine rings is 1. The molecule has 0 aliphatic heterocycles. The summed E-state index contributed by atoms with van der Waals surface area (Å²) in [6.07, 6.45) is 0.901. The van der Waals surface area contributed by atoms with Gasteiger partial charge >= 0.3 is 0 Å². The first-order chi connectivity index (χ1) is 8.33. The summed E-state index contributed by atoms with van der Waals surface area (Å²) in [6.45, 7) is 8.85. The molecular weight excluding hydrogens is 230 g/mol. The Labute approximate surface area is 108 Å². The summed E-state index contributed by atoms with van der Waals surface area (Å²) >= 11 is 0. The Morgan fingerprint density at radius 2 is 2.11 bits per heavy atom. The van der Waals surface area contributed by atoms with Crippen LogP contribution in [0.4, 0.5) is 0 Å². The van der Waals surface area contributed by atoms with Crippen molar-refractivity contribution in [2.24, 2.45) is 16.3 Å². The Hall–Kier alpha value is -1.78. The second-order valence-corrected chi connectivity index (χ2v) is 5.45. The lowest BCUT2D eigenvalue weighted by Crippen LogP contribution is -2.17. The Morgan fingerprint density at radius 3 is 2.67 bits per heavy atom. The summed E-state index contributed by atoms with van der Waals surface area (Å²) in [5.41, 5.74) is 7.12. The highest BCUT2D eigenvalue weighted by atomic mass is 16.5. The minimum atomic E-state index is 0.00765. The molecule has 100 valence electrons. The highest BCUT2D eigenvalue weighted by molar-refractivity contribution is 5.99. The van der Waals surface area contributed by atoms with Crippen LogP contribution >= 0.6 is 0 Å². The summed E-state index contributed by atoms with van der Waals surface area (Å²) in [5, 5.41) is 11.7. The van der Waals surface area contributed by atoms with Gasteiger partial charge in [0.2, 0.25) is 5.88 Å². The summed E-state index contributed by atoms with van der Waals surface area (Å²) in [4.78, 5) is 4.27. The summed E-state index contributed by atoms with van der Waals surface area (Å²) in [5.74, 6) is 0.419. The number of hydrogen-bond acceptors (Lipinski definition) is 4. The zero-order chi connectivity index (χ0) is 13.8. The van der Waals surface area contributed by atoms with Gasteiger partial charge in [-0.1, -0.05) is 25.9 Å². The Kier molecular flexibility index (Phi) is 4.53. The lowest BCUT2D eigenvalue weighted by molar-refractivity contribution is 0.235. The fourth-order valence-corrected chi connectivity index (χ4v) is 1.35. The third kappa shape index (κ3) is 4.24. The van der Waals surface area contributed by atoms with Gasteiger partial charge in [0.25, 0.3) is 0 Å². The second-order valence-electron chi connectivity index (χ2n) is 5.45. The van der Waals surface area contributed by atoms with Crippen LogP contribution in [0.2, 0.25) is 0 Å². The molecule has 0 radical (unpaired) electrons. The predicted octanol–water partition coefficient (Wildman–Crippen LogP) is 2.30. The van der Waals surface area contributed by atoms with Crippen molar-refractivity contribution < 1.29 is 9.94 Å². The van der Waals surface area contributed by atoms with E-state index in [0.29, 0.717) is 18.1 Å². The Morgan fingerprint density at radius 1 is 1.44 bits per heavy atom. The number of nitrogens with two attached hydrogens (primary N) is 1. The average Bonchev–Trinajstić information content (AvgIpc) is 2.26. The number of oxime groups is 1. The van der Waals surface area contributed by atoms with E-state index in [0.717, 1.165) is 12.1 Å². The highest BCUT2D eigenvalue weighted by Gasteiger charge is 2.13. The van der Waals surface area contributed by atoms with E-state index >= 15 is 0 Å². The molecule has 0 bridgehead atoms. The molecule has 0 spiro atoms. The molecule has 0 aliphatic rings. The van der Waals surface area contributed by atoms with Crippen LogP contribution in [0.25, 0.3) is 0 Å². The number of amidine groups is 1. The van der Waals surface area contributed by atoms with Gasteiger partial charge in [-0.25, -0.2) is 4.98 Å². The average molecular weight is 251 g/mol. The number of aromatic nitrogens is 1. The standard InChI is InChI=1S/C13H21N3O2/c1-9-5-6-10(11(14)16-17)12(15-9)18-8-7-13(2,3)4/h5-6,17H,7-8H2,1-4H3,(H2,14,16). The van der Waals surface area contributed by atoms with Crippen molar-refractivity contribution in [3.63, 3.8) is 0 Å². The van der Waals surface area contributed by atoms with E-state index in [1.54, 1.807) is 12.1 Å². The van der Waals surface area contributed by atoms with Crippen molar-refractivity contribution in [2.45, 2.75) is 34.1 Å². The zero-order valence-electron chi connectivity index (χ0n) is 11.4. The molecule has 0 amide bonds. The van der Waals surface area contributed by atoms with E-state index in [-0.39, 0.29) is 11.3 Å². The first-order valence-electron chi connectivity index (χ1n) is 5.92. The van der Waals surface area contributed by atoms with Crippen molar-refractivity contribution in [1.29, 1.82) is 0 Å². The molecule has 1 rings (SSSR count). The molecule has 0 aromatic carbocycles. The van der Waals surface area contributed by atoms with Crippen LogP contribution in [0.3, 0.4) is 0 Å². The van der Waals surface area contributed by atoms with Crippen molar-refractivity contribution in [1.82, 2.24) is 4.98 Å². The van der Waals surface area contributed by atoms with Crippen molar-refractivity contribution in [3.8, 4) is 5.88 Å². The first kappa shape index (κ1) is 14.3. The second kappa shape index (κ2) is 5.71. The maximum absolute atomic E-state index is 8.72. The minimum absolute atomic E-state index is 0.00765. The molecule has 0 atom stereocenters. The maximum Gasteiger partial charge on any atom is 0.224 e. The zero-order valence-corrected chi connectivity index (χ0v) is 11.4. The van der Waals surface area contributed by atoms with E-state index in [1.165, 1.54) is 0 Å². The van der Waals surface area contributed by atoms with Gasteiger partial charge in [0, 0.05) is 5.69 Å². The number of hydrogen-bond donors (Lipinski definition) is 2. The van der Waals surface area contributed by atoms with Crippen LogP contribution in [-0.2, 0) is 0 Å². The van der Waals surface area contributed by atoms with Gasteiger partial charge in [-0.3, -0.25) is 0 Å². The minimum Gasteiger partial charge on any atom is -0.477 e. The van der Waals surface area contributed by atoms with Gasteiger partial charge in [-0.05, 0) is 30.9 Å². The molecular formula is C13H21N3O2. The molecule has 0 aliphatic carbocycles. The normalized spacial score (nSPS) is 12.6. The number of aryl methyl sites for hydroxylation is 1. The van der Waals surface area contributed by atoms with Gasteiger partial charge in [0.05, 0.1) is 12.2 Å². The van der Waals surface area contributed by atoms with Crippen molar-refractivity contribution in [3.05, 3.63) is 23.4 Å². The van der Waals surface area contributed by atoms with Crippen molar-refractivity contribution in [2.75, 3.05) is 6.61 Å². The van der Waals surface area contributed by atoms with E-state index in [2.05, 4.69) is 30.9 Å². The molecule has 1 aromatic heterocycles. The monoisotopic (exact) mass is 251 g/mol. The summed E-state index contributed by atoms with van der Waals surface area (Å²) < 4.78 is 5.63. The van der Waals surface area contributed by atoms with E-state index in [4.69, 9.17) is 15.7 Å². The van der Waals surface area contributed by atoms with Crippen molar-refractivity contribution >= 4 is 5.84 Å². The highest BCUT2D eigenvalue weighted by Crippen LogP contribution is 2.21. The van der Waals surface area contributed by atoms with E-state index < -0.39 is 0 Å². The van der Waals surface area contributed by atoms with Gasteiger partial charge in [0.1, 0.15) is 0 Å². The molecule has 5 nitrogen and oxygen atoms in total. The van der Waals surface area contributed by atoms with E-state index in [9.17, 15) is 0 Å². The van der Waals surface area contributed by atoms with Gasteiger partial charge in [-0.15, -0.1) is 0 Å². The fourth-order valence-electron chi connectivity index (χ4n) is 1.35. The molecule has 18 heavy (non-hydrogen) atoms. The molecule has 1 heterocycles. The fraction of sp³-hybridized carbons (Fsp3) is 0.538. The Bertz CT molecular complexity index is 436. The van der Waals surface area contributed by atoms with E-state index in [1.807, 2.05) is 6.92 Å². The van der Waals surface area contributed by atoms with Gasteiger partial charge < -0.3 is 15.7 Å². The molecule has 0 fully saturated rings. The van der Waals surface area contributed by atoms with Crippen LogP contribution in [0.15, 0.2) is 17.3 Å². The van der Waals surface area contributed by atoms with Crippen LogP contribution < -0.4 is 10.5 Å². The number of rotatable bonds is 4. The maximum atomic E-state index is 8.72. The van der Waals surface area contributed by atoms with Crippen LogP contribution in [0.5, 0.6) is 5.88 Å². The molecule has 5 heteroatoms. The number of ether oxygens (including phenoxy) is 1. The van der Waals surface area contributed by atoms with Crippen LogP contribution in [-0.4, -0.2) is 22.6 Å². The lowest BCUT2D eigenvalue weighted by Gasteiger charge is -2.18. The predicted molar refractivity (Wildman–Crippen MR) is 71.1 cm³/mol. The third-order valence-corrected chi connectivity index (χ3v) is 2.47. The summed E-state index contributed by atoms with van der Waals surface area (Å²) in [6, 6.07) is 3.54. The van der Waals surface area contributed by atoms with Crippen LogP contribution in [0, 0.1) is 12.3 Å². The Balaban J connectivity index is 2.83. The molecule has 0 unspecified atom stereocenters. The molecule has 3 N–H and O–H groups in total. The molecule has 0 saturated carbocycles. The van der Waals surface area contributed by atoms with Gasteiger partial charge in [0.15, 0.2) is 5.84 Å². The first-order valence-corrected chi connectivity index (χ1v) is 5.92. The third-order valence-electron chi connectivity index (χ3n) is 2.47. The quantitative estimate of drug-likeness (QED) is 0.372. The topological polar surface area (TPSA) is 80.7 Å². The van der Waals surface area contributed by atoms with Gasteiger partial charge in [-0.2, -0.15) is 0 Å². The SMILES string of the molecule is Cc1ccc(C(N)=NO)c(OCCC(C)(C)C)n1. The van der Waals surface area contributed by atoms with Crippen LogP contribution in [0.1, 0.15) is 38.4 Å². The lowest BCUT2D eigenvalue weighted by atomic mass is 9.93. The molecule has 0 saturated heterocycles.